The molecule has 4 heteroatoms. The van der Waals surface area contributed by atoms with Crippen molar-refractivity contribution in [2.45, 2.75) is 18.2 Å². The van der Waals surface area contributed by atoms with Crippen LogP contribution in [0.5, 0.6) is 0 Å². The highest BCUT2D eigenvalue weighted by Crippen LogP contribution is 2.21. The second-order valence-corrected chi connectivity index (χ2v) is 2.13. The Balaban J connectivity index is 3.62. The van der Waals surface area contributed by atoms with Gasteiger partial charge in [0.1, 0.15) is 5.38 Å². The van der Waals surface area contributed by atoms with Crippen molar-refractivity contribution in [2.75, 3.05) is 6.61 Å². The van der Waals surface area contributed by atoms with Gasteiger partial charge in [-0.3, -0.25) is 0 Å². The second-order valence-electron chi connectivity index (χ2n) is 1.61. The van der Waals surface area contributed by atoms with E-state index in [1.165, 1.54) is 0 Å². The van der Waals surface area contributed by atoms with Crippen LogP contribution in [0.2, 0.25) is 0 Å². The monoisotopic (exact) mass is 144 g/mol. The first-order chi connectivity index (χ1) is 3.48. The molecule has 0 saturated carbocycles. The van der Waals surface area contributed by atoms with E-state index in [-0.39, 0.29) is 0 Å². The van der Waals surface area contributed by atoms with Crippen molar-refractivity contribution in [3.05, 3.63) is 0 Å². The third-order valence-electron chi connectivity index (χ3n) is 0.710. The summed E-state index contributed by atoms with van der Waals surface area (Å²) in [6, 6.07) is 0. The van der Waals surface area contributed by atoms with Crippen molar-refractivity contribution < 1.29 is 13.9 Å². The predicted molar refractivity (Wildman–Crippen MR) is 27.3 cm³/mol. The molecule has 0 radical (unpaired) electrons. The van der Waals surface area contributed by atoms with Crippen LogP contribution < -0.4 is 0 Å². The molecule has 0 fully saturated rings. The Hall–Kier alpha value is 0.110. The molecule has 0 saturated heterocycles. The lowest BCUT2D eigenvalue weighted by molar-refractivity contribution is 0.00260. The van der Waals surface area contributed by atoms with Crippen molar-refractivity contribution in [3.8, 4) is 0 Å². The molecule has 0 heterocycles. The van der Waals surface area contributed by atoms with E-state index in [0.29, 0.717) is 6.92 Å². The molecular weight excluding hydrogens is 137 g/mol. The Morgan fingerprint density at radius 1 is 1.75 bits per heavy atom. The summed E-state index contributed by atoms with van der Waals surface area (Å²) in [7, 11) is 0. The molecule has 1 unspecified atom stereocenters. The first kappa shape index (κ1) is 8.11. The van der Waals surface area contributed by atoms with Crippen LogP contribution in [0.25, 0.3) is 0 Å². The molecule has 1 nitrogen and oxygen atoms in total. The molecule has 0 rings (SSSR count). The van der Waals surface area contributed by atoms with E-state index in [0.717, 1.165) is 0 Å². The fourth-order valence-electron chi connectivity index (χ4n) is 0.160. The molecule has 1 N–H and O–H groups in total. The molecule has 0 aliphatic heterocycles. The summed E-state index contributed by atoms with van der Waals surface area (Å²) in [6.45, 7) is -0.0219. The van der Waals surface area contributed by atoms with E-state index in [1.54, 1.807) is 0 Å². The van der Waals surface area contributed by atoms with Crippen LogP contribution in [-0.2, 0) is 0 Å². The normalized spacial score (nSPS) is 16.1. The van der Waals surface area contributed by atoms with Gasteiger partial charge in [-0.15, -0.1) is 11.6 Å². The van der Waals surface area contributed by atoms with Gasteiger partial charge in [-0.1, -0.05) is 0 Å². The number of hydrogen-bond donors (Lipinski definition) is 1. The van der Waals surface area contributed by atoms with E-state index in [1.807, 2.05) is 0 Å². The second kappa shape index (κ2) is 2.60. The topological polar surface area (TPSA) is 20.2 Å². The van der Waals surface area contributed by atoms with Crippen LogP contribution >= 0.6 is 11.6 Å². The van der Waals surface area contributed by atoms with Crippen molar-refractivity contribution in [3.63, 3.8) is 0 Å². The largest absolute Gasteiger partial charge is 0.395 e. The first-order valence-electron chi connectivity index (χ1n) is 2.11. The zero-order valence-corrected chi connectivity index (χ0v) is 5.12. The Morgan fingerprint density at radius 3 is 2.12 bits per heavy atom. The summed E-state index contributed by atoms with van der Waals surface area (Å²) in [5.74, 6) is -2.98. The third-order valence-corrected chi connectivity index (χ3v) is 1.23. The Kier molecular flexibility index (Phi) is 2.63. The highest BCUT2D eigenvalue weighted by molar-refractivity contribution is 6.21. The number of aliphatic hydroxyl groups is 1. The molecule has 0 aliphatic carbocycles. The number of halogens is 3. The summed E-state index contributed by atoms with van der Waals surface area (Å²) in [5.41, 5.74) is 0. The standard InChI is InChI=1S/C4H7ClF2O/c1-4(6,7)3(5)2-8/h3,8H,2H2,1H3. The Morgan fingerprint density at radius 2 is 2.12 bits per heavy atom. The maximum atomic E-state index is 11.8. The molecule has 0 bridgehead atoms. The SMILES string of the molecule is CC(F)(F)C(Cl)CO. The smallest absolute Gasteiger partial charge is 0.263 e. The molecule has 0 aromatic rings. The van der Waals surface area contributed by atoms with Gasteiger partial charge in [0, 0.05) is 6.92 Å². The van der Waals surface area contributed by atoms with Crippen molar-refractivity contribution >= 4 is 11.6 Å². The fraction of sp³-hybridized carbons (Fsp3) is 1.00. The van der Waals surface area contributed by atoms with Gasteiger partial charge in [-0.25, -0.2) is 8.78 Å². The van der Waals surface area contributed by atoms with Gasteiger partial charge >= 0.3 is 0 Å². The van der Waals surface area contributed by atoms with E-state index in [4.69, 9.17) is 16.7 Å². The number of aliphatic hydroxyl groups excluding tert-OH is 1. The lowest BCUT2D eigenvalue weighted by Gasteiger charge is -2.13. The lowest BCUT2D eigenvalue weighted by Crippen LogP contribution is -2.27. The van der Waals surface area contributed by atoms with Crippen LogP contribution in [0.4, 0.5) is 8.78 Å². The van der Waals surface area contributed by atoms with Gasteiger partial charge < -0.3 is 5.11 Å². The van der Waals surface area contributed by atoms with Gasteiger partial charge in [0.05, 0.1) is 6.61 Å². The molecule has 0 aromatic carbocycles. The fourth-order valence-corrected chi connectivity index (χ4v) is 0.160. The minimum atomic E-state index is -2.98. The highest BCUT2D eigenvalue weighted by atomic mass is 35.5. The number of alkyl halides is 3. The third kappa shape index (κ3) is 2.43. The summed E-state index contributed by atoms with van der Waals surface area (Å²) < 4.78 is 23.6. The lowest BCUT2D eigenvalue weighted by atomic mass is 10.3. The van der Waals surface area contributed by atoms with E-state index in [2.05, 4.69) is 0 Å². The zero-order chi connectivity index (χ0) is 6.78. The molecule has 1 atom stereocenters. The van der Waals surface area contributed by atoms with E-state index < -0.39 is 17.9 Å². The molecule has 0 aromatic heterocycles. The van der Waals surface area contributed by atoms with Crippen LogP contribution in [0, 0.1) is 0 Å². The number of hydrogen-bond acceptors (Lipinski definition) is 1. The maximum absolute atomic E-state index is 11.8. The van der Waals surface area contributed by atoms with E-state index >= 15 is 0 Å². The molecule has 8 heavy (non-hydrogen) atoms. The summed E-state index contributed by atoms with van der Waals surface area (Å²) in [6.07, 6.45) is 0. The average Bonchev–Trinajstić information content (AvgIpc) is 1.62. The predicted octanol–water partition coefficient (Wildman–Crippen LogP) is 1.24. The van der Waals surface area contributed by atoms with Crippen molar-refractivity contribution in [2.24, 2.45) is 0 Å². The van der Waals surface area contributed by atoms with Crippen LogP contribution in [0.3, 0.4) is 0 Å². The van der Waals surface area contributed by atoms with Gasteiger partial charge in [-0.2, -0.15) is 0 Å². The van der Waals surface area contributed by atoms with Gasteiger partial charge in [0.25, 0.3) is 5.92 Å². The van der Waals surface area contributed by atoms with Crippen LogP contribution in [-0.4, -0.2) is 23.0 Å². The Bertz CT molecular complexity index is 70.9. The van der Waals surface area contributed by atoms with E-state index in [9.17, 15) is 8.78 Å². The van der Waals surface area contributed by atoms with Gasteiger partial charge in [-0.05, 0) is 0 Å². The summed E-state index contributed by atoms with van der Waals surface area (Å²) in [5, 5.41) is 6.60. The molecule has 0 spiro atoms. The molecule has 0 amide bonds. The molecule has 50 valence electrons. The zero-order valence-electron chi connectivity index (χ0n) is 4.37. The number of rotatable bonds is 2. The Labute approximate surface area is 51.3 Å². The molecular formula is C4H7ClF2O. The quantitative estimate of drug-likeness (QED) is 0.579. The minimum Gasteiger partial charge on any atom is -0.395 e. The van der Waals surface area contributed by atoms with Gasteiger partial charge in [0.2, 0.25) is 0 Å². The van der Waals surface area contributed by atoms with Crippen molar-refractivity contribution in [1.82, 2.24) is 0 Å². The maximum Gasteiger partial charge on any atom is 0.263 e. The highest BCUT2D eigenvalue weighted by Gasteiger charge is 2.31. The first-order valence-corrected chi connectivity index (χ1v) is 2.55. The van der Waals surface area contributed by atoms with Crippen molar-refractivity contribution in [1.29, 1.82) is 0 Å². The van der Waals surface area contributed by atoms with Crippen LogP contribution in [0.1, 0.15) is 6.92 Å². The molecule has 0 aliphatic rings. The van der Waals surface area contributed by atoms with Gasteiger partial charge in [0.15, 0.2) is 0 Å². The van der Waals surface area contributed by atoms with Crippen LogP contribution in [0.15, 0.2) is 0 Å². The summed E-state index contributed by atoms with van der Waals surface area (Å²) >= 11 is 4.94. The summed E-state index contributed by atoms with van der Waals surface area (Å²) in [4.78, 5) is 0. The average molecular weight is 145 g/mol. The minimum absolute atomic E-state index is 0.668.